The number of carboxylic acid groups (broad SMARTS) is 1. The molecule has 5 heteroatoms. The Morgan fingerprint density at radius 3 is 2.53 bits per heavy atom. The molecule has 2 saturated heterocycles. The van der Waals surface area contributed by atoms with Crippen molar-refractivity contribution in [3.05, 3.63) is 0 Å². The molecule has 2 fully saturated rings. The minimum Gasteiger partial charge on any atom is -0.481 e. The van der Waals surface area contributed by atoms with Crippen molar-refractivity contribution in [2.45, 2.75) is 64.0 Å². The predicted octanol–water partition coefficient (Wildman–Crippen LogP) is 2.31. The molecule has 2 amide bonds. The highest BCUT2D eigenvalue weighted by Gasteiger charge is 2.40. The maximum Gasteiger partial charge on any atom is 0.320 e. The van der Waals surface area contributed by atoms with Gasteiger partial charge >= 0.3 is 12.0 Å². The van der Waals surface area contributed by atoms with Crippen molar-refractivity contribution in [1.82, 2.24) is 9.80 Å². The second-order valence-electron chi connectivity index (χ2n) is 6.29. The van der Waals surface area contributed by atoms with Crippen LogP contribution in [0.25, 0.3) is 0 Å². The fraction of sp³-hybridized carbons (Fsp3) is 0.857. The molecule has 0 aromatic rings. The maximum atomic E-state index is 12.7. The van der Waals surface area contributed by atoms with E-state index in [0.717, 1.165) is 38.6 Å². The number of likely N-dealkylation sites (tertiary alicyclic amines) is 2. The van der Waals surface area contributed by atoms with Gasteiger partial charge in [-0.3, -0.25) is 4.79 Å². The molecular formula is C14H24N2O3. The number of carbonyl (C=O) groups excluding carboxylic acids is 1. The molecule has 108 valence electrons. The topological polar surface area (TPSA) is 60.9 Å². The van der Waals surface area contributed by atoms with E-state index in [-0.39, 0.29) is 24.0 Å². The number of piperidine rings is 1. The Labute approximate surface area is 114 Å². The van der Waals surface area contributed by atoms with E-state index in [1.807, 2.05) is 4.90 Å². The van der Waals surface area contributed by atoms with Crippen molar-refractivity contribution >= 4 is 12.0 Å². The van der Waals surface area contributed by atoms with Crippen LogP contribution in [0.1, 0.15) is 52.4 Å². The van der Waals surface area contributed by atoms with Crippen LogP contribution in [0.4, 0.5) is 4.79 Å². The van der Waals surface area contributed by atoms with Crippen molar-refractivity contribution in [2.24, 2.45) is 0 Å². The normalized spacial score (nSPS) is 26.5. The molecular weight excluding hydrogens is 244 g/mol. The summed E-state index contributed by atoms with van der Waals surface area (Å²) in [6.45, 7) is 5.67. The zero-order valence-electron chi connectivity index (χ0n) is 11.9. The number of hydrogen-bond acceptors (Lipinski definition) is 2. The monoisotopic (exact) mass is 268 g/mol. The maximum absolute atomic E-state index is 12.7. The number of carboxylic acids is 1. The smallest absolute Gasteiger partial charge is 0.320 e. The third kappa shape index (κ3) is 3.01. The lowest BCUT2D eigenvalue weighted by Crippen LogP contribution is -2.54. The average Bonchev–Trinajstić information content (AvgIpc) is 2.68. The molecule has 19 heavy (non-hydrogen) atoms. The van der Waals surface area contributed by atoms with Gasteiger partial charge in [0.15, 0.2) is 0 Å². The van der Waals surface area contributed by atoms with Gasteiger partial charge in [0.25, 0.3) is 0 Å². The third-order valence-electron chi connectivity index (χ3n) is 4.41. The predicted molar refractivity (Wildman–Crippen MR) is 72.0 cm³/mol. The summed E-state index contributed by atoms with van der Waals surface area (Å²) in [5, 5.41) is 8.98. The van der Waals surface area contributed by atoms with Crippen LogP contribution in [0.15, 0.2) is 0 Å². The van der Waals surface area contributed by atoms with E-state index >= 15 is 0 Å². The zero-order chi connectivity index (χ0) is 14.0. The van der Waals surface area contributed by atoms with Gasteiger partial charge in [-0.2, -0.15) is 0 Å². The fourth-order valence-corrected chi connectivity index (χ4v) is 3.28. The van der Waals surface area contributed by atoms with Gasteiger partial charge in [-0.1, -0.05) is 0 Å². The van der Waals surface area contributed by atoms with Crippen LogP contribution in [-0.2, 0) is 4.79 Å². The van der Waals surface area contributed by atoms with E-state index < -0.39 is 5.97 Å². The molecule has 2 rings (SSSR count). The summed E-state index contributed by atoms with van der Waals surface area (Å²) >= 11 is 0. The minimum absolute atomic E-state index is 0.0356. The summed E-state index contributed by atoms with van der Waals surface area (Å²) in [5.41, 5.74) is -0.0949. The van der Waals surface area contributed by atoms with Gasteiger partial charge in [-0.25, -0.2) is 4.79 Å². The summed E-state index contributed by atoms with van der Waals surface area (Å²) in [6, 6.07) is -0.0939. The first-order valence-corrected chi connectivity index (χ1v) is 7.22. The van der Waals surface area contributed by atoms with E-state index in [2.05, 4.69) is 13.8 Å². The lowest BCUT2D eigenvalue weighted by molar-refractivity contribution is -0.138. The summed E-state index contributed by atoms with van der Waals surface area (Å²) in [7, 11) is 0. The van der Waals surface area contributed by atoms with Crippen molar-refractivity contribution in [3.63, 3.8) is 0 Å². The van der Waals surface area contributed by atoms with Gasteiger partial charge in [-0.05, 0) is 46.0 Å². The van der Waals surface area contributed by atoms with Gasteiger partial charge in [0, 0.05) is 24.7 Å². The van der Waals surface area contributed by atoms with Crippen LogP contribution in [0.5, 0.6) is 0 Å². The molecule has 0 spiro atoms. The summed E-state index contributed by atoms with van der Waals surface area (Å²) in [6.07, 6.45) is 4.94. The van der Waals surface area contributed by atoms with Crippen LogP contribution in [0.3, 0.4) is 0 Å². The summed E-state index contributed by atoms with van der Waals surface area (Å²) < 4.78 is 0. The number of amides is 2. The fourth-order valence-electron chi connectivity index (χ4n) is 3.28. The number of nitrogens with zero attached hydrogens (tertiary/aromatic N) is 2. The number of carbonyl (C=O) groups is 2. The third-order valence-corrected chi connectivity index (χ3v) is 4.41. The Kier molecular flexibility index (Phi) is 4.02. The zero-order valence-corrected chi connectivity index (χ0v) is 11.9. The van der Waals surface area contributed by atoms with Crippen LogP contribution in [0.2, 0.25) is 0 Å². The van der Waals surface area contributed by atoms with Crippen LogP contribution in [-0.4, -0.2) is 51.6 Å². The Bertz CT molecular complexity index is 368. The van der Waals surface area contributed by atoms with Crippen molar-refractivity contribution in [2.75, 3.05) is 13.1 Å². The summed E-state index contributed by atoms with van der Waals surface area (Å²) in [4.78, 5) is 27.3. The molecule has 1 atom stereocenters. The second-order valence-corrected chi connectivity index (χ2v) is 6.29. The lowest BCUT2D eigenvalue weighted by atomic mass is 9.99. The number of aliphatic carboxylic acids is 1. The largest absolute Gasteiger partial charge is 0.481 e. The van der Waals surface area contributed by atoms with E-state index in [9.17, 15) is 9.59 Å². The molecule has 0 aromatic heterocycles. The molecule has 0 saturated carbocycles. The standard InChI is InChI=1S/C14H24N2O3/c1-14(2)7-5-9-16(14)13(19)15-8-4-3-6-11(15)10-12(17)18/h11H,3-10H2,1-2H3,(H,17,18). The summed E-state index contributed by atoms with van der Waals surface area (Å²) in [5.74, 6) is -0.814. The number of hydrogen-bond donors (Lipinski definition) is 1. The van der Waals surface area contributed by atoms with Crippen LogP contribution < -0.4 is 0 Å². The van der Waals surface area contributed by atoms with E-state index in [1.54, 1.807) is 4.90 Å². The SMILES string of the molecule is CC1(C)CCCN1C(=O)N1CCCCC1CC(=O)O. The molecule has 2 aliphatic rings. The molecule has 1 N–H and O–H groups in total. The van der Waals surface area contributed by atoms with Gasteiger partial charge in [-0.15, -0.1) is 0 Å². The van der Waals surface area contributed by atoms with Crippen LogP contribution in [0, 0.1) is 0 Å². The molecule has 2 heterocycles. The first-order valence-electron chi connectivity index (χ1n) is 7.22. The van der Waals surface area contributed by atoms with E-state index in [0.29, 0.717) is 6.54 Å². The highest BCUT2D eigenvalue weighted by molar-refractivity contribution is 5.77. The van der Waals surface area contributed by atoms with Gasteiger partial charge < -0.3 is 14.9 Å². The molecule has 5 nitrogen and oxygen atoms in total. The molecule has 2 aliphatic heterocycles. The number of urea groups is 1. The van der Waals surface area contributed by atoms with Gasteiger partial charge in [0.1, 0.15) is 0 Å². The highest BCUT2D eigenvalue weighted by Crippen LogP contribution is 2.31. The van der Waals surface area contributed by atoms with E-state index in [1.165, 1.54) is 0 Å². The Morgan fingerprint density at radius 2 is 1.95 bits per heavy atom. The van der Waals surface area contributed by atoms with Crippen LogP contribution >= 0.6 is 0 Å². The second kappa shape index (κ2) is 5.39. The Balaban J connectivity index is 2.09. The highest BCUT2D eigenvalue weighted by atomic mass is 16.4. The van der Waals surface area contributed by atoms with E-state index in [4.69, 9.17) is 5.11 Å². The van der Waals surface area contributed by atoms with Crippen molar-refractivity contribution in [3.8, 4) is 0 Å². The van der Waals surface area contributed by atoms with Crippen molar-refractivity contribution in [1.29, 1.82) is 0 Å². The first-order chi connectivity index (χ1) is 8.92. The lowest BCUT2D eigenvalue weighted by Gasteiger charge is -2.41. The quantitative estimate of drug-likeness (QED) is 0.836. The minimum atomic E-state index is -0.814. The molecule has 0 aliphatic carbocycles. The molecule has 0 radical (unpaired) electrons. The number of rotatable bonds is 2. The first kappa shape index (κ1) is 14.2. The van der Waals surface area contributed by atoms with Gasteiger partial charge in [0.05, 0.1) is 6.42 Å². The Morgan fingerprint density at radius 1 is 1.21 bits per heavy atom. The van der Waals surface area contributed by atoms with Crippen molar-refractivity contribution < 1.29 is 14.7 Å². The molecule has 1 unspecified atom stereocenters. The average molecular weight is 268 g/mol. The molecule has 0 bridgehead atoms. The Hall–Kier alpha value is -1.26. The van der Waals surface area contributed by atoms with Gasteiger partial charge in [0.2, 0.25) is 0 Å². The molecule has 0 aromatic carbocycles.